The van der Waals surface area contributed by atoms with E-state index in [0.717, 1.165) is 28.2 Å². The van der Waals surface area contributed by atoms with E-state index in [1.54, 1.807) is 30.6 Å². The topological polar surface area (TPSA) is 71.2 Å². The van der Waals surface area contributed by atoms with Crippen LogP contribution >= 0.6 is 0 Å². The smallest absolute Gasteiger partial charge is 0.216 e. The van der Waals surface area contributed by atoms with Crippen LogP contribution in [0.5, 0.6) is 23.1 Å². The molecule has 1 radical (unpaired) electrons. The van der Waals surface area contributed by atoms with E-state index >= 15 is 0 Å². The number of rotatable bonds is 6. The molecule has 0 bridgehead atoms. The maximum Gasteiger partial charge on any atom is 0.216 e. The first-order chi connectivity index (χ1) is 18.7. The summed E-state index contributed by atoms with van der Waals surface area (Å²) in [5.41, 5.74) is 4.47. The van der Waals surface area contributed by atoms with Gasteiger partial charge in [0.05, 0.1) is 0 Å². The molecule has 7 heteroatoms. The average molecular weight is 687 g/mol. The van der Waals surface area contributed by atoms with E-state index < -0.39 is 0 Å². The first-order valence-electron chi connectivity index (χ1n) is 11.9. The number of hydrogen-bond acceptors (Lipinski definition) is 5. The number of pyridine rings is 2. The van der Waals surface area contributed by atoms with Gasteiger partial charge in [-0.1, -0.05) is 36.4 Å². The Labute approximate surface area is 241 Å². The Morgan fingerprint density at radius 2 is 1.36 bits per heavy atom. The fourth-order valence-electron chi connectivity index (χ4n) is 3.44. The van der Waals surface area contributed by atoms with Crippen LogP contribution in [0.1, 0.15) is 5.69 Å². The monoisotopic (exact) mass is 687 g/mol. The predicted octanol–water partition coefficient (Wildman–Crippen LogP) is 7.14. The van der Waals surface area contributed by atoms with Crippen LogP contribution in [0.4, 0.5) is 0 Å². The largest absolute Gasteiger partial charge is 0.619 e. The molecule has 0 aliphatic rings. The van der Waals surface area contributed by atoms with Crippen LogP contribution in [0, 0.1) is 25.1 Å². The summed E-state index contributed by atoms with van der Waals surface area (Å²) in [6.45, 7) is 1.90. The van der Waals surface area contributed by atoms with Gasteiger partial charge in [-0.3, -0.25) is 0 Å². The van der Waals surface area contributed by atoms with Crippen molar-refractivity contribution in [3.8, 4) is 45.6 Å². The zero-order chi connectivity index (χ0) is 26.0. The van der Waals surface area contributed by atoms with Crippen LogP contribution in [-0.2, 0) is 20.1 Å². The number of nitrogens with zero attached hydrogens (tertiary/aromatic N) is 4. The van der Waals surface area contributed by atoms with Crippen molar-refractivity contribution in [1.29, 1.82) is 0 Å². The van der Waals surface area contributed by atoms with Gasteiger partial charge >= 0.3 is 0 Å². The summed E-state index contributed by atoms with van der Waals surface area (Å²) >= 11 is 0. The summed E-state index contributed by atoms with van der Waals surface area (Å²) in [7, 11) is 0. The Bertz CT molecular complexity index is 1540. The van der Waals surface area contributed by atoms with Crippen molar-refractivity contribution in [2.24, 2.45) is 0 Å². The summed E-state index contributed by atoms with van der Waals surface area (Å²) in [5, 5.41) is 8.14. The minimum atomic E-state index is 0. The Morgan fingerprint density at radius 1 is 0.667 bits per heavy atom. The third-order valence-electron chi connectivity index (χ3n) is 5.17. The van der Waals surface area contributed by atoms with Crippen molar-refractivity contribution < 1.29 is 29.6 Å². The van der Waals surface area contributed by atoms with Crippen molar-refractivity contribution in [3.63, 3.8) is 0 Å². The van der Waals surface area contributed by atoms with Crippen LogP contribution in [0.25, 0.3) is 22.5 Å². The molecule has 3 aromatic heterocycles. The van der Waals surface area contributed by atoms with E-state index in [1.165, 1.54) is 0 Å². The van der Waals surface area contributed by atoms with Gasteiger partial charge in [-0.15, -0.1) is 66.2 Å². The maximum atomic E-state index is 5.87. The van der Waals surface area contributed by atoms with E-state index in [4.69, 9.17) is 9.47 Å². The second-order valence-electron chi connectivity index (χ2n) is 8.04. The maximum absolute atomic E-state index is 5.87. The molecule has 6 rings (SSSR count). The molecule has 0 fully saturated rings. The molecule has 39 heavy (non-hydrogen) atoms. The minimum absolute atomic E-state index is 0. The SMILES string of the molecule is Cc1cc(-c2[c-]c(Oc3[c-]c(Oc4ccccn4)ccc3)ccc2)[n-]n1.[Ir].[c-]1ccccc1-c1ccccn1. The molecule has 0 unspecified atom stereocenters. The third-order valence-corrected chi connectivity index (χ3v) is 5.17. The van der Waals surface area contributed by atoms with Crippen LogP contribution in [-0.4, -0.2) is 15.1 Å². The summed E-state index contributed by atoms with van der Waals surface area (Å²) in [4.78, 5) is 8.35. The molecule has 0 saturated heterocycles. The summed E-state index contributed by atoms with van der Waals surface area (Å²) in [6, 6.07) is 41.5. The first-order valence-corrected chi connectivity index (χ1v) is 11.9. The van der Waals surface area contributed by atoms with Crippen LogP contribution in [0.3, 0.4) is 0 Å². The van der Waals surface area contributed by atoms with E-state index in [2.05, 4.69) is 38.4 Å². The molecular formula is C32H22IrN4O2-4. The van der Waals surface area contributed by atoms with E-state index in [-0.39, 0.29) is 20.1 Å². The Hall–Kier alpha value is -4.58. The molecule has 3 heterocycles. The molecule has 0 spiro atoms. The van der Waals surface area contributed by atoms with E-state index in [1.807, 2.05) is 91.9 Å². The molecule has 0 atom stereocenters. The number of benzene rings is 3. The van der Waals surface area contributed by atoms with Gasteiger partial charge < -0.3 is 24.7 Å². The fraction of sp³-hybridized carbons (Fsp3) is 0.0312. The van der Waals surface area contributed by atoms with Crippen molar-refractivity contribution in [2.75, 3.05) is 0 Å². The average Bonchev–Trinajstić information content (AvgIpc) is 3.42. The van der Waals surface area contributed by atoms with Gasteiger partial charge in [0, 0.05) is 61.5 Å². The van der Waals surface area contributed by atoms with Gasteiger partial charge in [-0.2, -0.15) is 11.6 Å². The Balaban J connectivity index is 0.000000228. The van der Waals surface area contributed by atoms with Gasteiger partial charge in [0.25, 0.3) is 0 Å². The summed E-state index contributed by atoms with van der Waals surface area (Å²) < 4.78 is 11.5. The molecule has 0 aliphatic heterocycles. The van der Waals surface area contributed by atoms with E-state index in [0.29, 0.717) is 23.1 Å². The van der Waals surface area contributed by atoms with Crippen molar-refractivity contribution in [3.05, 3.63) is 139 Å². The third kappa shape index (κ3) is 7.95. The molecule has 6 nitrogen and oxygen atoms in total. The van der Waals surface area contributed by atoms with E-state index in [9.17, 15) is 0 Å². The molecule has 195 valence electrons. The van der Waals surface area contributed by atoms with Crippen LogP contribution < -0.4 is 14.6 Å². The van der Waals surface area contributed by atoms with Crippen LogP contribution in [0.2, 0.25) is 0 Å². The molecule has 0 aliphatic carbocycles. The number of aryl methyl sites for hydroxylation is 1. The normalized spacial score (nSPS) is 9.97. The fourth-order valence-corrected chi connectivity index (χ4v) is 3.44. The van der Waals surface area contributed by atoms with Gasteiger partial charge in [0.1, 0.15) is 0 Å². The van der Waals surface area contributed by atoms with Crippen molar-refractivity contribution in [1.82, 2.24) is 20.2 Å². The van der Waals surface area contributed by atoms with Gasteiger partial charge in [0.15, 0.2) is 0 Å². The molecular weight excluding hydrogens is 665 g/mol. The van der Waals surface area contributed by atoms with Crippen molar-refractivity contribution in [2.45, 2.75) is 6.92 Å². The quantitative estimate of drug-likeness (QED) is 0.174. The standard InChI is InChI=1S/C21H14N3O2.C11H8N.Ir/c1-15-12-20(24-23-15)16-6-4-7-17(13-16)25-18-8-5-9-19(14-18)26-21-10-2-3-11-22-21;1-2-6-10(7-3-1)11-8-4-5-9-12-11;/h2-12H,1H3;1-6,8-9H;/q-3;-1;. The van der Waals surface area contributed by atoms with Crippen molar-refractivity contribution >= 4 is 0 Å². The summed E-state index contributed by atoms with van der Waals surface area (Å²) in [5.74, 6) is 2.11. The van der Waals surface area contributed by atoms with Crippen LogP contribution in [0.15, 0.2) is 116 Å². The Kier molecular flexibility index (Phi) is 9.73. The molecule has 0 N–H and O–H groups in total. The molecule has 6 aromatic rings. The molecule has 0 amide bonds. The zero-order valence-electron chi connectivity index (χ0n) is 20.9. The predicted molar refractivity (Wildman–Crippen MR) is 145 cm³/mol. The first kappa shape index (κ1) is 27.5. The van der Waals surface area contributed by atoms with Gasteiger partial charge in [-0.05, 0) is 24.8 Å². The van der Waals surface area contributed by atoms with Gasteiger partial charge in [0.2, 0.25) is 5.88 Å². The zero-order valence-corrected chi connectivity index (χ0v) is 23.3. The molecule has 0 saturated carbocycles. The number of ether oxygens (including phenoxy) is 2. The van der Waals surface area contributed by atoms with Gasteiger partial charge in [-0.25, -0.2) is 10.7 Å². The Morgan fingerprint density at radius 3 is 2.03 bits per heavy atom. The second-order valence-corrected chi connectivity index (χ2v) is 8.04. The molecule has 3 aromatic carbocycles. The number of aromatic nitrogens is 4. The second kappa shape index (κ2) is 13.8. The summed E-state index contributed by atoms with van der Waals surface area (Å²) in [6.07, 6.45) is 3.46. The number of hydrogen-bond donors (Lipinski definition) is 0. The minimum Gasteiger partial charge on any atom is -0.619 e.